The summed E-state index contributed by atoms with van der Waals surface area (Å²) in [6.07, 6.45) is 0. The molecular formula is C16H24N4P2. The lowest BCUT2D eigenvalue weighted by Crippen LogP contribution is -2.24. The smallest absolute Gasteiger partial charge is 0.0709 e. The summed E-state index contributed by atoms with van der Waals surface area (Å²) < 4.78 is 0. The van der Waals surface area contributed by atoms with Crippen molar-refractivity contribution in [3.63, 3.8) is 0 Å². The van der Waals surface area contributed by atoms with Crippen LogP contribution in [0, 0.1) is 0 Å². The van der Waals surface area contributed by atoms with Crippen molar-refractivity contribution in [1.29, 1.82) is 0 Å². The van der Waals surface area contributed by atoms with E-state index in [-0.39, 0.29) is 0 Å². The maximum Gasteiger partial charge on any atom is 0.0709 e. The molecule has 0 N–H and O–H groups in total. The van der Waals surface area contributed by atoms with Gasteiger partial charge in [-0.2, -0.15) is 0 Å². The molecule has 118 valence electrons. The topological polar surface area (TPSA) is 12.0 Å². The molecule has 2 atom stereocenters. The second-order valence-corrected chi connectivity index (χ2v) is 8.59. The Hall–Kier alpha value is -0.720. The van der Waals surface area contributed by atoms with Gasteiger partial charge in [0.1, 0.15) is 0 Å². The molecule has 0 saturated carbocycles. The fourth-order valence-corrected chi connectivity index (χ4v) is 5.55. The minimum absolute atomic E-state index is 0.891. The van der Waals surface area contributed by atoms with Crippen LogP contribution in [-0.2, 0) is 0 Å². The minimum Gasteiger partial charge on any atom is -0.366 e. The Bertz CT molecular complexity index is 528. The van der Waals surface area contributed by atoms with Gasteiger partial charge < -0.3 is 19.6 Å². The van der Waals surface area contributed by atoms with Gasteiger partial charge in [-0.15, -0.1) is 0 Å². The van der Waals surface area contributed by atoms with E-state index < -0.39 is 0 Å². The highest BCUT2D eigenvalue weighted by Crippen LogP contribution is 2.48. The van der Waals surface area contributed by atoms with Crippen molar-refractivity contribution in [1.82, 2.24) is 0 Å². The largest absolute Gasteiger partial charge is 0.366 e. The zero-order valence-corrected chi connectivity index (χ0v) is 15.4. The highest BCUT2D eigenvalue weighted by Gasteiger charge is 2.40. The molecule has 1 aromatic rings. The molecule has 6 heteroatoms. The first-order valence-corrected chi connectivity index (χ1v) is 11.4. The van der Waals surface area contributed by atoms with Gasteiger partial charge in [-0.1, -0.05) is 17.2 Å². The van der Waals surface area contributed by atoms with Gasteiger partial charge in [-0.25, -0.2) is 0 Å². The molecule has 4 nitrogen and oxygen atoms in total. The lowest BCUT2D eigenvalue weighted by atomic mass is 10.1. The number of rotatable bonds is 6. The zero-order valence-electron chi connectivity index (χ0n) is 13.4. The Kier molecular flexibility index (Phi) is 3.04. The van der Waals surface area contributed by atoms with Crippen LogP contribution in [0.5, 0.6) is 0 Å². The summed E-state index contributed by atoms with van der Waals surface area (Å²) in [6, 6.07) is 0. The summed E-state index contributed by atoms with van der Waals surface area (Å²) >= 11 is 0. The summed E-state index contributed by atoms with van der Waals surface area (Å²) in [5.74, 6) is 0. The molecule has 4 heterocycles. The predicted octanol–water partition coefficient (Wildman–Crippen LogP) is 0.834. The van der Waals surface area contributed by atoms with Crippen LogP contribution in [0.3, 0.4) is 0 Å². The van der Waals surface area contributed by atoms with E-state index >= 15 is 0 Å². The average Bonchev–Trinajstić information content (AvgIpc) is 3.41. The van der Waals surface area contributed by atoms with Crippen LogP contribution in [0.1, 0.15) is 0 Å². The third-order valence-electron chi connectivity index (χ3n) is 4.95. The number of anilines is 4. The van der Waals surface area contributed by atoms with E-state index in [0.29, 0.717) is 0 Å². The monoisotopic (exact) mass is 334 g/mol. The molecule has 1 aromatic carbocycles. The molecule has 4 aliphatic rings. The average molecular weight is 334 g/mol. The highest BCUT2D eigenvalue weighted by molar-refractivity contribution is 7.48. The normalized spacial score (nSPS) is 22.6. The van der Waals surface area contributed by atoms with E-state index in [1.807, 2.05) is 0 Å². The molecule has 2 unspecified atom stereocenters. The number of benzene rings is 1. The summed E-state index contributed by atoms with van der Waals surface area (Å²) in [5.41, 5.74) is 6.43. The van der Waals surface area contributed by atoms with E-state index in [1.54, 1.807) is 33.4 Å². The molecule has 4 saturated heterocycles. The van der Waals surface area contributed by atoms with Crippen molar-refractivity contribution in [3.05, 3.63) is 0 Å². The summed E-state index contributed by atoms with van der Waals surface area (Å²) in [7, 11) is 1.78. The fourth-order valence-electron chi connectivity index (χ4n) is 3.50. The van der Waals surface area contributed by atoms with Crippen LogP contribution in [-0.4, -0.2) is 65.7 Å². The predicted molar refractivity (Wildman–Crippen MR) is 103 cm³/mol. The first kappa shape index (κ1) is 13.7. The highest BCUT2D eigenvalue weighted by atomic mass is 31.1. The van der Waals surface area contributed by atoms with E-state index in [2.05, 4.69) is 32.9 Å². The van der Waals surface area contributed by atoms with Crippen LogP contribution >= 0.6 is 17.2 Å². The van der Waals surface area contributed by atoms with E-state index in [1.165, 1.54) is 52.4 Å². The van der Waals surface area contributed by atoms with Crippen LogP contribution in [0.15, 0.2) is 0 Å². The molecule has 0 bridgehead atoms. The summed E-state index contributed by atoms with van der Waals surface area (Å²) in [4.78, 5) is 10.5. The van der Waals surface area contributed by atoms with Gasteiger partial charge in [0, 0.05) is 63.0 Å². The van der Waals surface area contributed by atoms with Crippen molar-refractivity contribution >= 4 is 50.5 Å². The maximum atomic E-state index is 2.61. The van der Waals surface area contributed by atoms with Gasteiger partial charge in [0.15, 0.2) is 0 Å². The Morgan fingerprint density at radius 1 is 0.500 bits per heavy atom. The third kappa shape index (κ3) is 2.11. The van der Waals surface area contributed by atoms with Gasteiger partial charge in [0.25, 0.3) is 0 Å². The van der Waals surface area contributed by atoms with Gasteiger partial charge in [0.2, 0.25) is 0 Å². The number of hydrogen-bond acceptors (Lipinski definition) is 4. The van der Waals surface area contributed by atoms with E-state index in [9.17, 15) is 0 Å². The van der Waals surface area contributed by atoms with Crippen molar-refractivity contribution < 1.29 is 0 Å². The van der Waals surface area contributed by atoms with Gasteiger partial charge in [-0.05, 0) is 13.3 Å². The van der Waals surface area contributed by atoms with Crippen LogP contribution in [0.4, 0.5) is 22.7 Å². The minimum atomic E-state index is 0.891. The second kappa shape index (κ2) is 4.89. The Labute approximate surface area is 136 Å². The van der Waals surface area contributed by atoms with Crippen molar-refractivity contribution in [2.24, 2.45) is 0 Å². The van der Waals surface area contributed by atoms with Crippen LogP contribution < -0.4 is 30.2 Å². The Balaban J connectivity index is 1.81. The Morgan fingerprint density at radius 2 is 0.727 bits per heavy atom. The lowest BCUT2D eigenvalue weighted by Gasteiger charge is -2.28. The molecule has 0 spiro atoms. The van der Waals surface area contributed by atoms with E-state index in [4.69, 9.17) is 0 Å². The maximum absolute atomic E-state index is 2.61. The van der Waals surface area contributed by atoms with Gasteiger partial charge in [-0.3, -0.25) is 0 Å². The summed E-state index contributed by atoms with van der Waals surface area (Å²) in [6.45, 7) is 14.8. The molecule has 0 radical (unpaired) electrons. The molecule has 4 fully saturated rings. The first-order chi connectivity index (χ1) is 10.8. The zero-order chi connectivity index (χ0) is 14.8. The van der Waals surface area contributed by atoms with Crippen molar-refractivity contribution in [2.45, 2.75) is 0 Å². The SMILES string of the molecule is CPc1c(N2CC2)c(N2CC2)c(PC)c(N2CC2)c1N1CC1. The quantitative estimate of drug-likeness (QED) is 0.564. The molecule has 0 amide bonds. The number of nitrogens with zero attached hydrogens (tertiary/aromatic N) is 4. The lowest BCUT2D eigenvalue weighted by molar-refractivity contribution is 1.30. The molecular weight excluding hydrogens is 310 g/mol. The molecule has 4 aliphatic heterocycles. The van der Waals surface area contributed by atoms with Crippen LogP contribution in [0.2, 0.25) is 0 Å². The third-order valence-corrected chi connectivity index (χ3v) is 6.90. The van der Waals surface area contributed by atoms with Gasteiger partial charge >= 0.3 is 0 Å². The molecule has 0 aromatic heterocycles. The van der Waals surface area contributed by atoms with E-state index in [0.717, 1.165) is 17.2 Å². The molecule has 0 aliphatic carbocycles. The fraction of sp³-hybridized carbons (Fsp3) is 0.625. The first-order valence-electron chi connectivity index (χ1n) is 8.42. The van der Waals surface area contributed by atoms with Crippen LogP contribution in [0.25, 0.3) is 0 Å². The summed E-state index contributed by atoms with van der Waals surface area (Å²) in [5, 5.41) is 3.31. The number of hydrogen-bond donors (Lipinski definition) is 0. The van der Waals surface area contributed by atoms with Crippen molar-refractivity contribution in [2.75, 3.05) is 85.3 Å². The molecule has 22 heavy (non-hydrogen) atoms. The van der Waals surface area contributed by atoms with Crippen molar-refractivity contribution in [3.8, 4) is 0 Å². The standard InChI is InChI=1S/C16H24N4P2/c1-21-15-11(17-3-4-17)13(19-7-8-19)16(22-2)14(20-9-10-20)12(15)18-5-6-18/h21-22H,3-10H2,1-2H3. The Morgan fingerprint density at radius 3 is 0.864 bits per heavy atom. The second-order valence-electron chi connectivity index (χ2n) is 6.59. The van der Waals surface area contributed by atoms with Gasteiger partial charge in [0.05, 0.1) is 22.7 Å². The molecule has 5 rings (SSSR count).